The number of hydrogen-bond acceptors (Lipinski definition) is 5. The Labute approximate surface area is 148 Å². The molecule has 0 bridgehead atoms. The molecule has 0 unspecified atom stereocenters. The number of anilines is 1. The van der Waals surface area contributed by atoms with E-state index >= 15 is 0 Å². The van der Waals surface area contributed by atoms with E-state index in [1.165, 1.54) is 56.2 Å². The number of benzene rings is 1. The number of carbonyl (C=O) groups is 1. The van der Waals surface area contributed by atoms with E-state index in [1.54, 1.807) is 0 Å². The van der Waals surface area contributed by atoms with E-state index in [9.17, 15) is 22.0 Å². The summed E-state index contributed by atoms with van der Waals surface area (Å²) in [5, 5.41) is 2.49. The fourth-order valence-electron chi connectivity index (χ4n) is 2.16. The van der Waals surface area contributed by atoms with Crippen molar-refractivity contribution in [2.45, 2.75) is 11.5 Å². The van der Waals surface area contributed by atoms with Crippen LogP contribution in [0.2, 0.25) is 0 Å². The minimum atomic E-state index is -3.71. The van der Waals surface area contributed by atoms with Gasteiger partial charge in [-0.25, -0.2) is 13.1 Å². The average Bonchev–Trinajstić information content (AvgIpc) is 2.97. The highest BCUT2D eigenvalue weighted by Gasteiger charge is 2.20. The zero-order valence-corrected chi connectivity index (χ0v) is 14.9. The Morgan fingerprint density at radius 2 is 1.92 bits per heavy atom. The lowest BCUT2D eigenvalue weighted by Gasteiger charge is -2.12. The monoisotopic (exact) mass is 389 g/mol. The summed E-state index contributed by atoms with van der Waals surface area (Å²) in [6.07, 6.45) is 1.28. The van der Waals surface area contributed by atoms with Crippen molar-refractivity contribution in [3.63, 3.8) is 0 Å². The second kappa shape index (κ2) is 7.70. The van der Waals surface area contributed by atoms with Gasteiger partial charge in [-0.1, -0.05) is 0 Å². The van der Waals surface area contributed by atoms with Gasteiger partial charge in [-0.2, -0.15) is 8.78 Å². The second-order valence-corrected chi connectivity index (χ2v) is 6.96. The largest absolute Gasteiger partial charge is 0.493 e. The summed E-state index contributed by atoms with van der Waals surface area (Å²) in [7, 11) is 0.342. The Bertz CT molecular complexity index is 912. The zero-order chi connectivity index (χ0) is 19.5. The van der Waals surface area contributed by atoms with Gasteiger partial charge in [0.15, 0.2) is 11.5 Å². The van der Waals surface area contributed by atoms with Gasteiger partial charge in [-0.3, -0.25) is 4.79 Å². The molecular weight excluding hydrogens is 372 g/mol. The quantitative estimate of drug-likeness (QED) is 0.752. The number of aryl methyl sites for hydroxylation is 1. The third-order valence-electron chi connectivity index (χ3n) is 3.43. The summed E-state index contributed by atoms with van der Waals surface area (Å²) >= 11 is 0. The normalized spacial score (nSPS) is 11.5. The molecule has 142 valence electrons. The molecule has 11 heteroatoms. The Hall–Kier alpha value is -2.66. The van der Waals surface area contributed by atoms with Crippen LogP contribution < -0.4 is 19.5 Å². The Morgan fingerprint density at radius 1 is 1.23 bits per heavy atom. The standard InChI is InChI=1S/C15H17F2N3O5S/c1-18-26(22,23)10-7-11(20(2)8-10)14(21)19-9-4-5-12(24-3)13(6-9)25-15(16)17/h4-8,15,18H,1-3H3,(H,19,21). The maximum atomic E-state index is 12.5. The smallest absolute Gasteiger partial charge is 0.387 e. The van der Waals surface area contributed by atoms with Crippen LogP contribution in [0.3, 0.4) is 0 Å². The summed E-state index contributed by atoms with van der Waals surface area (Å²) in [6, 6.07) is 5.16. The summed E-state index contributed by atoms with van der Waals surface area (Å²) < 4.78 is 61.3. The highest BCUT2D eigenvalue weighted by atomic mass is 32.2. The first-order valence-electron chi connectivity index (χ1n) is 7.22. The van der Waals surface area contributed by atoms with Crippen LogP contribution in [0.4, 0.5) is 14.5 Å². The van der Waals surface area contributed by atoms with E-state index in [1.807, 2.05) is 0 Å². The number of alkyl halides is 2. The molecule has 0 aliphatic carbocycles. The number of amides is 1. The number of methoxy groups -OCH3 is 1. The maximum Gasteiger partial charge on any atom is 0.387 e. The third-order valence-corrected chi connectivity index (χ3v) is 4.81. The molecule has 0 fully saturated rings. The van der Waals surface area contributed by atoms with Gasteiger partial charge in [0.2, 0.25) is 10.0 Å². The molecule has 0 aliphatic heterocycles. The molecule has 1 aromatic heterocycles. The molecule has 1 amide bonds. The molecule has 0 spiro atoms. The van der Waals surface area contributed by atoms with E-state index in [4.69, 9.17) is 4.74 Å². The van der Waals surface area contributed by atoms with E-state index in [2.05, 4.69) is 14.8 Å². The summed E-state index contributed by atoms with van der Waals surface area (Å²) in [4.78, 5) is 12.3. The number of sulfonamides is 1. The van der Waals surface area contributed by atoms with Crippen LogP contribution in [0.15, 0.2) is 35.4 Å². The van der Waals surface area contributed by atoms with Crippen LogP contribution in [0.1, 0.15) is 10.5 Å². The summed E-state index contributed by atoms with van der Waals surface area (Å²) in [6.45, 7) is -3.06. The topological polar surface area (TPSA) is 98.7 Å². The first-order valence-corrected chi connectivity index (χ1v) is 8.70. The molecule has 8 nitrogen and oxygen atoms in total. The average molecular weight is 389 g/mol. The first kappa shape index (κ1) is 19.7. The van der Waals surface area contributed by atoms with E-state index < -0.39 is 22.5 Å². The van der Waals surface area contributed by atoms with Crippen molar-refractivity contribution in [1.29, 1.82) is 0 Å². The Morgan fingerprint density at radius 3 is 2.50 bits per heavy atom. The molecule has 2 rings (SSSR count). The Kier molecular flexibility index (Phi) is 5.83. The molecule has 0 saturated heterocycles. The van der Waals surface area contributed by atoms with Gasteiger partial charge < -0.3 is 19.4 Å². The van der Waals surface area contributed by atoms with Crippen molar-refractivity contribution in [2.24, 2.45) is 7.05 Å². The van der Waals surface area contributed by atoms with Crippen LogP contribution in [-0.4, -0.2) is 39.7 Å². The summed E-state index contributed by atoms with van der Waals surface area (Å²) in [5.74, 6) is -0.798. The van der Waals surface area contributed by atoms with E-state index in [-0.39, 0.29) is 27.8 Å². The lowest BCUT2D eigenvalue weighted by molar-refractivity contribution is -0.0511. The molecular formula is C15H17F2N3O5S. The van der Waals surface area contributed by atoms with Crippen LogP contribution in [0.25, 0.3) is 0 Å². The van der Waals surface area contributed by atoms with Gasteiger partial charge >= 0.3 is 6.61 Å². The molecule has 26 heavy (non-hydrogen) atoms. The van der Waals surface area contributed by atoms with Crippen molar-refractivity contribution in [3.05, 3.63) is 36.2 Å². The van der Waals surface area contributed by atoms with Gasteiger partial charge in [0.05, 0.1) is 7.11 Å². The minimum absolute atomic E-state index is 0.0611. The second-order valence-electron chi connectivity index (χ2n) is 5.08. The summed E-state index contributed by atoms with van der Waals surface area (Å²) in [5.41, 5.74) is 0.233. The molecule has 2 N–H and O–H groups in total. The molecule has 0 radical (unpaired) electrons. The Balaban J connectivity index is 2.28. The van der Waals surface area contributed by atoms with Gasteiger partial charge in [-0.05, 0) is 25.2 Å². The molecule has 1 aromatic carbocycles. The van der Waals surface area contributed by atoms with Gasteiger partial charge in [0, 0.05) is 25.0 Å². The van der Waals surface area contributed by atoms with Crippen LogP contribution in [-0.2, 0) is 17.1 Å². The maximum absolute atomic E-state index is 12.5. The fraction of sp³-hybridized carbons (Fsp3) is 0.267. The fourth-order valence-corrected chi connectivity index (χ4v) is 2.96. The van der Waals surface area contributed by atoms with Crippen molar-refractivity contribution in [1.82, 2.24) is 9.29 Å². The SMILES string of the molecule is CNS(=O)(=O)c1cc(C(=O)Nc2ccc(OC)c(OC(F)F)c2)n(C)c1. The van der Waals surface area contributed by atoms with Crippen LogP contribution >= 0.6 is 0 Å². The number of nitrogens with zero attached hydrogens (tertiary/aromatic N) is 1. The van der Waals surface area contributed by atoms with Crippen LogP contribution in [0, 0.1) is 0 Å². The lowest BCUT2D eigenvalue weighted by Crippen LogP contribution is -2.18. The number of carbonyl (C=O) groups excluding carboxylic acids is 1. The van der Waals surface area contributed by atoms with E-state index in [0.717, 1.165) is 0 Å². The molecule has 0 saturated carbocycles. The van der Waals surface area contributed by atoms with E-state index in [0.29, 0.717) is 0 Å². The zero-order valence-electron chi connectivity index (χ0n) is 14.1. The molecule has 2 aromatic rings. The minimum Gasteiger partial charge on any atom is -0.493 e. The number of nitrogens with one attached hydrogen (secondary N) is 2. The van der Waals surface area contributed by atoms with Crippen molar-refractivity contribution in [3.8, 4) is 11.5 Å². The molecule has 0 atom stereocenters. The van der Waals surface area contributed by atoms with Gasteiger partial charge in [-0.15, -0.1) is 0 Å². The number of rotatable bonds is 7. The van der Waals surface area contributed by atoms with Gasteiger partial charge in [0.25, 0.3) is 5.91 Å². The van der Waals surface area contributed by atoms with Crippen molar-refractivity contribution in [2.75, 3.05) is 19.5 Å². The molecule has 1 heterocycles. The highest BCUT2D eigenvalue weighted by Crippen LogP contribution is 2.31. The molecule has 0 aliphatic rings. The van der Waals surface area contributed by atoms with Gasteiger partial charge in [0.1, 0.15) is 10.6 Å². The number of hydrogen-bond donors (Lipinski definition) is 2. The predicted octanol–water partition coefficient (Wildman–Crippen LogP) is 1.80. The number of ether oxygens (including phenoxy) is 2. The lowest BCUT2D eigenvalue weighted by atomic mass is 10.2. The van der Waals surface area contributed by atoms with Crippen molar-refractivity contribution >= 4 is 21.6 Å². The number of halogens is 2. The first-order chi connectivity index (χ1) is 12.2. The van der Waals surface area contributed by atoms with Crippen molar-refractivity contribution < 1.29 is 31.5 Å². The highest BCUT2D eigenvalue weighted by molar-refractivity contribution is 7.89. The predicted molar refractivity (Wildman–Crippen MR) is 89.2 cm³/mol. The number of aromatic nitrogens is 1. The van der Waals surface area contributed by atoms with Crippen LogP contribution in [0.5, 0.6) is 11.5 Å². The third kappa shape index (κ3) is 4.29.